The first-order chi connectivity index (χ1) is 14.9. The predicted octanol–water partition coefficient (Wildman–Crippen LogP) is 4.42. The van der Waals surface area contributed by atoms with Gasteiger partial charge in [0.1, 0.15) is 6.10 Å². The molecule has 2 atom stereocenters. The fourth-order valence-electron chi connectivity index (χ4n) is 3.34. The third-order valence-electron chi connectivity index (χ3n) is 5.04. The second-order valence-corrected chi connectivity index (χ2v) is 7.05. The molecule has 7 heteroatoms. The smallest absolute Gasteiger partial charge is 0.452 e. The molecule has 0 heterocycles. The predicted molar refractivity (Wildman–Crippen MR) is 116 cm³/mol. The van der Waals surface area contributed by atoms with E-state index in [0.717, 1.165) is 35.6 Å². The summed E-state index contributed by atoms with van der Waals surface area (Å²) in [6.45, 7) is 4.13. The van der Waals surface area contributed by atoms with Gasteiger partial charge in [-0.05, 0) is 41.7 Å². The van der Waals surface area contributed by atoms with Crippen LogP contribution in [-0.4, -0.2) is 11.2 Å². The Kier molecular flexibility index (Phi) is 7.36. The summed E-state index contributed by atoms with van der Waals surface area (Å²) in [5.74, 6) is -0.698. The van der Waals surface area contributed by atoms with E-state index >= 15 is 0 Å². The molecule has 6 nitrogen and oxygen atoms in total. The van der Waals surface area contributed by atoms with Crippen molar-refractivity contribution in [2.75, 3.05) is 5.32 Å². The molecule has 0 aromatic heterocycles. The van der Waals surface area contributed by atoms with Crippen molar-refractivity contribution in [3.63, 3.8) is 0 Å². The van der Waals surface area contributed by atoms with Crippen LogP contribution >= 0.6 is 0 Å². The first-order valence-electron chi connectivity index (χ1n) is 10.1. The van der Waals surface area contributed by atoms with Crippen LogP contribution in [0.25, 0.3) is 0 Å². The molecule has 0 bridgehead atoms. The highest BCUT2D eigenvalue weighted by Gasteiger charge is 2.21. The highest BCUT2D eigenvalue weighted by Crippen LogP contribution is 2.33. The van der Waals surface area contributed by atoms with E-state index in [0.29, 0.717) is 0 Å². The van der Waals surface area contributed by atoms with E-state index in [2.05, 4.69) is 19.2 Å². The van der Waals surface area contributed by atoms with Gasteiger partial charge in [-0.1, -0.05) is 62.4 Å². The number of amides is 2. The van der Waals surface area contributed by atoms with E-state index in [-0.39, 0.29) is 11.4 Å². The van der Waals surface area contributed by atoms with Crippen LogP contribution in [-0.2, 0) is 12.8 Å². The molecule has 0 saturated heterocycles. The number of anilines is 1. The van der Waals surface area contributed by atoms with Crippen LogP contribution in [0.4, 0.5) is 14.9 Å². The molecule has 0 aliphatic carbocycles. The molecule has 0 saturated carbocycles. The number of hydrogen-bond acceptors (Lipinski definition) is 4. The van der Waals surface area contributed by atoms with Crippen LogP contribution in [0.3, 0.4) is 0 Å². The van der Waals surface area contributed by atoms with Crippen LogP contribution < -0.4 is 15.3 Å². The molecule has 2 amide bonds. The summed E-state index contributed by atoms with van der Waals surface area (Å²) >= 11 is 0. The number of benzene rings is 3. The Morgan fingerprint density at radius 1 is 1.10 bits per heavy atom. The number of halogens is 1. The van der Waals surface area contributed by atoms with Crippen LogP contribution in [0.2, 0.25) is 0 Å². The number of hydroxylamine groups is 2. The second kappa shape index (κ2) is 10.2. The number of carbonyl (C=O) groups is 1. The summed E-state index contributed by atoms with van der Waals surface area (Å²) in [5.41, 5.74) is 4.15. The van der Waals surface area contributed by atoms with Crippen molar-refractivity contribution in [2.24, 2.45) is 0 Å². The van der Waals surface area contributed by atoms with Crippen molar-refractivity contribution < 1.29 is 24.4 Å². The van der Waals surface area contributed by atoms with E-state index < -0.39 is 23.2 Å². The van der Waals surface area contributed by atoms with Gasteiger partial charge in [-0.25, -0.2) is 14.4 Å². The topological polar surface area (TPSA) is 86.1 Å². The molecule has 0 aliphatic rings. The zero-order chi connectivity index (χ0) is 22.4. The third kappa shape index (κ3) is 5.46. The molecule has 162 valence electrons. The van der Waals surface area contributed by atoms with Crippen molar-refractivity contribution >= 4 is 11.7 Å². The fourth-order valence-corrected chi connectivity index (χ4v) is 3.34. The van der Waals surface area contributed by atoms with Crippen LogP contribution in [0.5, 0.6) is 5.75 Å². The first-order valence-corrected chi connectivity index (χ1v) is 10.1. The number of hydrogen-bond donors (Lipinski definition) is 3. The van der Waals surface area contributed by atoms with Gasteiger partial charge in [0, 0.05) is 17.3 Å². The summed E-state index contributed by atoms with van der Waals surface area (Å²) in [4.78, 5) is 11.3. The lowest BCUT2D eigenvalue weighted by Gasteiger charge is -2.23. The quantitative estimate of drug-likeness (QED) is 0.387. The maximum atomic E-state index is 14.8. The molecule has 3 N–H and O–H groups in total. The standard InChI is InChI=1S/C24H25FN2O4/c1-3-16-9-11-18(12-10-16)23(20-8-6-5-7-17(20)4-2)31-22-14-13-19(15-21(22)25)26-24(28)27(29)30/h5-15,23,27,29H,3-4H2,1-2H3,(H,26,28). The van der Waals surface area contributed by atoms with Gasteiger partial charge in [-0.2, -0.15) is 0 Å². The Morgan fingerprint density at radius 3 is 2.42 bits per heavy atom. The fraction of sp³-hybridized carbons (Fsp3) is 0.208. The summed E-state index contributed by atoms with van der Waals surface area (Å²) < 4.78 is 20.9. The van der Waals surface area contributed by atoms with Crippen molar-refractivity contribution in [1.82, 2.24) is 0 Å². The van der Waals surface area contributed by atoms with Gasteiger partial charge in [0.15, 0.2) is 11.6 Å². The van der Waals surface area contributed by atoms with Gasteiger partial charge in [0.05, 0.1) is 0 Å². The lowest BCUT2D eigenvalue weighted by molar-refractivity contribution is -0.973. The van der Waals surface area contributed by atoms with Crippen LogP contribution in [0, 0.1) is 11.0 Å². The van der Waals surface area contributed by atoms with E-state index in [9.17, 15) is 14.4 Å². The Morgan fingerprint density at radius 2 is 1.81 bits per heavy atom. The third-order valence-corrected chi connectivity index (χ3v) is 5.04. The second-order valence-electron chi connectivity index (χ2n) is 7.05. The molecular formula is C24H25FN2O4. The van der Waals surface area contributed by atoms with E-state index in [4.69, 9.17) is 9.94 Å². The van der Waals surface area contributed by atoms with Gasteiger partial charge in [-0.3, -0.25) is 5.32 Å². The van der Waals surface area contributed by atoms with Crippen molar-refractivity contribution in [1.29, 1.82) is 0 Å². The highest BCUT2D eigenvalue weighted by molar-refractivity contribution is 5.82. The maximum Gasteiger partial charge on any atom is 0.452 e. The largest absolute Gasteiger partial charge is 0.591 e. The van der Waals surface area contributed by atoms with Gasteiger partial charge in [0.25, 0.3) is 0 Å². The molecule has 31 heavy (non-hydrogen) atoms. The van der Waals surface area contributed by atoms with E-state index in [1.165, 1.54) is 17.7 Å². The van der Waals surface area contributed by atoms with Gasteiger partial charge in [-0.15, -0.1) is 5.23 Å². The van der Waals surface area contributed by atoms with Crippen molar-refractivity contribution in [3.05, 3.63) is 100 Å². The minimum Gasteiger partial charge on any atom is -0.591 e. The van der Waals surface area contributed by atoms with Crippen LogP contribution in [0.1, 0.15) is 42.2 Å². The molecule has 0 spiro atoms. The van der Waals surface area contributed by atoms with Crippen molar-refractivity contribution in [3.8, 4) is 5.75 Å². The minimum atomic E-state index is -1.65. The maximum absolute atomic E-state index is 14.8. The SMILES string of the molecule is CCc1ccc(C(Oc2ccc(NC(=O)[NH+]([O-])O)cc2F)c2ccccc2CC)cc1. The van der Waals surface area contributed by atoms with Crippen molar-refractivity contribution in [2.45, 2.75) is 32.8 Å². The first kappa shape index (κ1) is 22.4. The Labute approximate surface area is 180 Å². The van der Waals surface area contributed by atoms with E-state index in [1.807, 2.05) is 48.5 Å². The van der Waals surface area contributed by atoms with Gasteiger partial charge in [0.2, 0.25) is 0 Å². The molecule has 0 aliphatic heterocycles. The number of rotatable bonds is 7. The number of carbonyl (C=O) groups excluding carboxylic acids is 1. The average molecular weight is 424 g/mol. The Bertz CT molecular complexity index is 1040. The monoisotopic (exact) mass is 424 g/mol. The molecule has 3 aromatic carbocycles. The zero-order valence-corrected chi connectivity index (χ0v) is 17.4. The highest BCUT2D eigenvalue weighted by atomic mass is 19.1. The number of ether oxygens (including phenoxy) is 1. The summed E-state index contributed by atoms with van der Waals surface area (Å²) in [5, 5.41) is 19.9. The molecule has 3 rings (SSSR count). The number of quaternary nitrogens is 1. The lowest BCUT2D eigenvalue weighted by Crippen LogP contribution is -3.08. The summed E-state index contributed by atoms with van der Waals surface area (Å²) in [6, 6.07) is 18.5. The van der Waals surface area contributed by atoms with Crippen LogP contribution in [0.15, 0.2) is 66.7 Å². The molecule has 0 fully saturated rings. The molecule has 3 aromatic rings. The molecular weight excluding hydrogens is 399 g/mol. The van der Waals surface area contributed by atoms with Gasteiger partial charge < -0.3 is 9.94 Å². The number of aryl methyl sites for hydroxylation is 2. The lowest BCUT2D eigenvalue weighted by atomic mass is 9.94. The minimum absolute atomic E-state index is 0.00352. The number of urea groups is 1. The zero-order valence-electron chi connectivity index (χ0n) is 17.4. The number of nitrogens with one attached hydrogen (secondary N) is 2. The Balaban J connectivity index is 1.96. The normalized spacial score (nSPS) is 12.8. The summed E-state index contributed by atoms with van der Waals surface area (Å²) in [7, 11) is 0. The summed E-state index contributed by atoms with van der Waals surface area (Å²) in [6.07, 6.45) is 1.18. The average Bonchev–Trinajstić information content (AvgIpc) is 2.78. The molecule has 2 unspecified atom stereocenters. The Hall–Kier alpha value is -3.26. The van der Waals surface area contributed by atoms with E-state index in [1.54, 1.807) is 0 Å². The van der Waals surface area contributed by atoms with Gasteiger partial charge >= 0.3 is 6.03 Å². The molecule has 0 radical (unpaired) electrons.